The summed E-state index contributed by atoms with van der Waals surface area (Å²) in [7, 11) is 0. The average molecular weight is 455 g/mol. The lowest BCUT2D eigenvalue weighted by Gasteiger charge is -2.24. The minimum Gasteiger partial charge on any atom is -0.486 e. The Bertz CT molecular complexity index is 1060. The highest BCUT2D eigenvalue weighted by Crippen LogP contribution is 2.32. The summed E-state index contributed by atoms with van der Waals surface area (Å²) in [4.78, 5) is 20.8. The summed E-state index contributed by atoms with van der Waals surface area (Å²) in [6.45, 7) is 4.65. The second kappa shape index (κ2) is 11.2. The van der Waals surface area contributed by atoms with Gasteiger partial charge in [0.25, 0.3) is 0 Å². The first-order valence-electron chi connectivity index (χ1n) is 11.4. The van der Waals surface area contributed by atoms with Crippen LogP contribution in [-0.2, 0) is 22.4 Å². The third kappa shape index (κ3) is 6.06. The first kappa shape index (κ1) is 23.1. The highest BCUT2D eigenvalue weighted by atomic mass is 16.6. The van der Waals surface area contributed by atoms with E-state index in [4.69, 9.17) is 24.4 Å². The van der Waals surface area contributed by atoms with Crippen LogP contribution in [0.4, 0.5) is 0 Å². The van der Waals surface area contributed by atoms with Crippen LogP contribution in [0.3, 0.4) is 0 Å². The van der Waals surface area contributed by atoms with E-state index in [1.54, 1.807) is 16.8 Å². The van der Waals surface area contributed by atoms with E-state index in [0.29, 0.717) is 38.5 Å². The number of benzene rings is 1. The first-order chi connectivity index (χ1) is 16.1. The van der Waals surface area contributed by atoms with Crippen molar-refractivity contribution in [3.8, 4) is 22.9 Å². The van der Waals surface area contributed by atoms with Crippen molar-refractivity contribution in [1.29, 1.82) is 5.41 Å². The van der Waals surface area contributed by atoms with Gasteiger partial charge in [-0.05, 0) is 43.0 Å². The summed E-state index contributed by atoms with van der Waals surface area (Å²) in [5.74, 6) is 1.15. The molecule has 176 valence electrons. The summed E-state index contributed by atoms with van der Waals surface area (Å²) in [5, 5.41) is 7.92. The number of fused-ring (bicyclic) bond motifs is 3. The van der Waals surface area contributed by atoms with E-state index in [2.05, 4.69) is 16.9 Å². The number of hydrogen-bond donors (Lipinski definition) is 1. The van der Waals surface area contributed by atoms with Gasteiger partial charge in [0.1, 0.15) is 25.1 Å². The smallest absolute Gasteiger partial charge is 0.351 e. The van der Waals surface area contributed by atoms with E-state index in [9.17, 15) is 4.79 Å². The normalized spacial score (nSPS) is 17.4. The zero-order chi connectivity index (χ0) is 23.0. The molecule has 0 amide bonds. The Morgan fingerprint density at radius 3 is 3.06 bits per heavy atom. The monoisotopic (exact) mass is 454 g/mol. The summed E-state index contributed by atoms with van der Waals surface area (Å²) >= 11 is 0. The minimum atomic E-state index is -0.330. The van der Waals surface area contributed by atoms with Gasteiger partial charge in [0.15, 0.2) is 5.84 Å². The van der Waals surface area contributed by atoms with Gasteiger partial charge in [-0.1, -0.05) is 13.3 Å². The van der Waals surface area contributed by atoms with Gasteiger partial charge < -0.3 is 18.9 Å². The molecule has 1 N–H and O–H groups in total. The molecule has 2 aliphatic heterocycles. The third-order valence-electron chi connectivity index (χ3n) is 5.56. The number of hydrogen-bond acceptors (Lipinski definition) is 7. The Labute approximate surface area is 192 Å². The standard InChI is InChI=1S/C24H30N4O5/c1-2-3-4-8-26-22(25)16-32-18-5-6-20-17(12-18)7-9-28-21(20)13-23(27-24(28)29)33-15-19-14-30-10-11-31-19/h5-6,8,12-13,19,25H,2-4,7,9-11,14-16H2,1H3. The van der Waals surface area contributed by atoms with Gasteiger partial charge in [-0.3, -0.25) is 9.98 Å². The second-order valence-corrected chi connectivity index (χ2v) is 8.05. The fourth-order valence-corrected chi connectivity index (χ4v) is 3.82. The average Bonchev–Trinajstić information content (AvgIpc) is 2.84. The maximum Gasteiger partial charge on any atom is 0.351 e. The van der Waals surface area contributed by atoms with E-state index in [-0.39, 0.29) is 36.7 Å². The minimum absolute atomic E-state index is 0.117. The number of aliphatic imine (C=N–C) groups is 1. The fraction of sp³-hybridized carbons (Fsp3) is 0.500. The summed E-state index contributed by atoms with van der Waals surface area (Å²) in [6.07, 6.45) is 5.35. The molecule has 1 aromatic carbocycles. The molecule has 9 heteroatoms. The Hall–Kier alpha value is -3.04. The highest BCUT2D eigenvalue weighted by Gasteiger charge is 2.21. The van der Waals surface area contributed by atoms with E-state index in [0.717, 1.165) is 36.1 Å². The molecule has 1 aromatic heterocycles. The van der Waals surface area contributed by atoms with Gasteiger partial charge in [0.05, 0.1) is 25.5 Å². The quantitative estimate of drug-likeness (QED) is 0.355. The molecule has 1 fully saturated rings. The van der Waals surface area contributed by atoms with Crippen LogP contribution in [0.2, 0.25) is 0 Å². The molecule has 0 radical (unpaired) electrons. The van der Waals surface area contributed by atoms with E-state index in [1.807, 2.05) is 18.2 Å². The molecule has 2 aliphatic rings. The molecule has 9 nitrogen and oxygen atoms in total. The van der Waals surface area contributed by atoms with Crippen molar-refractivity contribution in [2.24, 2.45) is 4.99 Å². The van der Waals surface area contributed by atoms with E-state index < -0.39 is 0 Å². The lowest BCUT2D eigenvalue weighted by atomic mass is 9.97. The van der Waals surface area contributed by atoms with Crippen LogP contribution in [0, 0.1) is 5.41 Å². The predicted octanol–water partition coefficient (Wildman–Crippen LogP) is 2.88. The Morgan fingerprint density at radius 2 is 2.24 bits per heavy atom. The van der Waals surface area contributed by atoms with Crippen molar-refractivity contribution in [1.82, 2.24) is 9.55 Å². The Kier molecular flexibility index (Phi) is 7.85. The molecule has 1 atom stereocenters. The van der Waals surface area contributed by atoms with Crippen LogP contribution in [0.1, 0.15) is 31.7 Å². The number of unbranched alkanes of at least 4 members (excludes halogenated alkanes) is 2. The van der Waals surface area contributed by atoms with Crippen molar-refractivity contribution in [2.75, 3.05) is 33.0 Å². The van der Waals surface area contributed by atoms with Crippen LogP contribution >= 0.6 is 0 Å². The number of rotatable bonds is 9. The maximum absolute atomic E-state index is 12.6. The van der Waals surface area contributed by atoms with Crippen LogP contribution in [-0.4, -0.2) is 60.7 Å². The van der Waals surface area contributed by atoms with Gasteiger partial charge >= 0.3 is 5.69 Å². The second-order valence-electron chi connectivity index (χ2n) is 8.05. The topological polar surface area (TPSA) is 108 Å². The van der Waals surface area contributed by atoms with Gasteiger partial charge in [-0.15, -0.1) is 0 Å². The molecule has 0 saturated carbocycles. The molecule has 1 saturated heterocycles. The molecule has 1 unspecified atom stereocenters. The molecule has 2 aromatic rings. The van der Waals surface area contributed by atoms with Crippen LogP contribution in [0.15, 0.2) is 34.1 Å². The molecular formula is C24H30N4O5. The number of aromatic nitrogens is 2. The van der Waals surface area contributed by atoms with Crippen LogP contribution in [0.25, 0.3) is 11.3 Å². The molecule has 0 bridgehead atoms. The van der Waals surface area contributed by atoms with Crippen LogP contribution < -0.4 is 15.2 Å². The van der Waals surface area contributed by atoms with Gasteiger partial charge in [-0.2, -0.15) is 4.98 Å². The SMILES string of the molecule is CCCCC=NC(=N)COc1ccc2c(c1)CCn1c-2cc(OCC2COCCO2)nc1=O. The third-order valence-corrected chi connectivity index (χ3v) is 5.56. The molecule has 0 aliphatic carbocycles. The molecule has 33 heavy (non-hydrogen) atoms. The molecule has 0 spiro atoms. The molecule has 3 heterocycles. The number of ether oxygens (including phenoxy) is 4. The van der Waals surface area contributed by atoms with Gasteiger partial charge in [0.2, 0.25) is 5.88 Å². The first-order valence-corrected chi connectivity index (χ1v) is 11.4. The predicted molar refractivity (Wildman–Crippen MR) is 125 cm³/mol. The van der Waals surface area contributed by atoms with Gasteiger partial charge in [-0.25, -0.2) is 9.79 Å². The zero-order valence-electron chi connectivity index (χ0n) is 18.9. The van der Waals surface area contributed by atoms with Gasteiger partial charge in [0, 0.05) is 24.4 Å². The lowest BCUT2D eigenvalue weighted by Crippen LogP contribution is -2.34. The largest absolute Gasteiger partial charge is 0.486 e. The highest BCUT2D eigenvalue weighted by molar-refractivity contribution is 5.88. The summed E-state index contributed by atoms with van der Waals surface area (Å²) < 4.78 is 24.1. The Morgan fingerprint density at radius 1 is 1.33 bits per heavy atom. The number of nitrogens with zero attached hydrogens (tertiary/aromatic N) is 3. The number of nitrogens with one attached hydrogen (secondary N) is 1. The lowest BCUT2D eigenvalue weighted by molar-refractivity contribution is -0.102. The van der Waals surface area contributed by atoms with Crippen molar-refractivity contribution in [3.63, 3.8) is 0 Å². The fourth-order valence-electron chi connectivity index (χ4n) is 3.82. The van der Waals surface area contributed by atoms with Crippen molar-refractivity contribution in [3.05, 3.63) is 40.3 Å². The number of aryl methyl sites for hydroxylation is 1. The zero-order valence-corrected chi connectivity index (χ0v) is 18.9. The van der Waals surface area contributed by atoms with E-state index >= 15 is 0 Å². The molecular weight excluding hydrogens is 424 g/mol. The Balaban J connectivity index is 1.43. The van der Waals surface area contributed by atoms with Crippen molar-refractivity contribution >= 4 is 12.1 Å². The summed E-state index contributed by atoms with van der Waals surface area (Å²) in [6, 6.07) is 7.54. The van der Waals surface area contributed by atoms with Crippen molar-refractivity contribution < 1.29 is 18.9 Å². The summed E-state index contributed by atoms with van der Waals surface area (Å²) in [5.41, 5.74) is 2.46. The van der Waals surface area contributed by atoms with Crippen molar-refractivity contribution in [2.45, 2.75) is 45.3 Å². The number of amidine groups is 1. The maximum atomic E-state index is 12.6. The van der Waals surface area contributed by atoms with E-state index in [1.165, 1.54) is 0 Å². The molecule has 4 rings (SSSR count). The van der Waals surface area contributed by atoms with Crippen LogP contribution in [0.5, 0.6) is 11.6 Å².